The van der Waals surface area contributed by atoms with Gasteiger partial charge in [-0.1, -0.05) is 20.3 Å². The standard InChI is InChI=1S/C20H31N5O3S/c1-13(2)12-24-8-10-25(11-9-24)29(26,27)18-15(4)21-14(3)17(18)20-23-22-19(28-20)16-6-5-7-16/h13,16,21H,5-12H2,1-4H3. The van der Waals surface area contributed by atoms with E-state index in [1.165, 1.54) is 6.42 Å². The quantitative estimate of drug-likeness (QED) is 0.771. The number of hydrogen-bond donors (Lipinski definition) is 1. The Hall–Kier alpha value is -1.71. The Kier molecular flexibility index (Phi) is 5.56. The Bertz CT molecular complexity index is 966. The summed E-state index contributed by atoms with van der Waals surface area (Å²) in [4.78, 5) is 5.78. The van der Waals surface area contributed by atoms with Crippen LogP contribution in [0, 0.1) is 19.8 Å². The van der Waals surface area contributed by atoms with E-state index in [0.29, 0.717) is 48.0 Å². The summed E-state index contributed by atoms with van der Waals surface area (Å²) in [6.07, 6.45) is 3.28. The molecule has 1 N–H and O–H groups in total. The van der Waals surface area contributed by atoms with Gasteiger partial charge in [0.15, 0.2) is 0 Å². The minimum atomic E-state index is -3.66. The Labute approximate surface area is 172 Å². The second-order valence-corrected chi connectivity index (χ2v) is 10.6. The number of nitrogens with zero attached hydrogens (tertiary/aromatic N) is 4. The SMILES string of the molecule is Cc1[nH]c(C)c(S(=O)(=O)N2CCN(CC(C)C)CC2)c1-c1nnc(C2CCC2)o1. The van der Waals surface area contributed by atoms with Crippen molar-refractivity contribution in [1.29, 1.82) is 0 Å². The van der Waals surface area contributed by atoms with Crippen LogP contribution in [0.4, 0.5) is 0 Å². The van der Waals surface area contributed by atoms with Gasteiger partial charge in [0.25, 0.3) is 5.89 Å². The molecule has 2 aliphatic rings. The zero-order valence-corrected chi connectivity index (χ0v) is 18.5. The van der Waals surface area contributed by atoms with Crippen LogP contribution in [0.25, 0.3) is 11.5 Å². The highest BCUT2D eigenvalue weighted by Gasteiger charge is 2.36. The number of aromatic nitrogens is 3. The van der Waals surface area contributed by atoms with Crippen LogP contribution in [0.5, 0.6) is 0 Å². The molecule has 0 atom stereocenters. The Balaban J connectivity index is 1.62. The third-order valence-corrected chi connectivity index (χ3v) is 8.05. The van der Waals surface area contributed by atoms with E-state index in [-0.39, 0.29) is 4.90 Å². The molecule has 3 heterocycles. The molecular weight excluding hydrogens is 390 g/mol. The number of rotatable bonds is 6. The van der Waals surface area contributed by atoms with Crippen LogP contribution in [-0.4, -0.2) is 65.5 Å². The maximum Gasteiger partial charge on any atom is 0.250 e. The highest BCUT2D eigenvalue weighted by atomic mass is 32.2. The maximum absolute atomic E-state index is 13.5. The first-order chi connectivity index (χ1) is 13.8. The van der Waals surface area contributed by atoms with Gasteiger partial charge in [-0.25, -0.2) is 8.42 Å². The van der Waals surface area contributed by atoms with Gasteiger partial charge in [-0.15, -0.1) is 10.2 Å². The minimum absolute atomic E-state index is 0.274. The zero-order valence-electron chi connectivity index (χ0n) is 17.7. The fraction of sp³-hybridized carbons (Fsp3) is 0.700. The molecule has 0 spiro atoms. The van der Waals surface area contributed by atoms with Crippen LogP contribution in [0.2, 0.25) is 0 Å². The van der Waals surface area contributed by atoms with Crippen LogP contribution in [0.1, 0.15) is 56.3 Å². The molecule has 1 aliphatic carbocycles. The monoisotopic (exact) mass is 421 g/mol. The number of H-pyrrole nitrogens is 1. The normalized spacial score (nSPS) is 19.8. The second kappa shape index (κ2) is 7.85. The van der Waals surface area contributed by atoms with Gasteiger partial charge in [0.05, 0.1) is 5.56 Å². The lowest BCUT2D eigenvalue weighted by Crippen LogP contribution is -2.49. The average molecular weight is 422 g/mol. The topological polar surface area (TPSA) is 95.3 Å². The van der Waals surface area contributed by atoms with Gasteiger partial charge < -0.3 is 14.3 Å². The molecule has 8 nitrogen and oxygen atoms in total. The van der Waals surface area contributed by atoms with Crippen molar-refractivity contribution in [2.75, 3.05) is 32.7 Å². The molecule has 29 heavy (non-hydrogen) atoms. The van der Waals surface area contributed by atoms with Crippen LogP contribution >= 0.6 is 0 Å². The van der Waals surface area contributed by atoms with E-state index in [9.17, 15) is 8.42 Å². The Morgan fingerprint density at radius 2 is 1.79 bits per heavy atom. The molecule has 0 bridgehead atoms. The summed E-state index contributed by atoms with van der Waals surface area (Å²) < 4.78 is 34.6. The molecule has 9 heteroatoms. The van der Waals surface area contributed by atoms with Crippen molar-refractivity contribution in [3.05, 3.63) is 17.3 Å². The Morgan fingerprint density at radius 1 is 1.10 bits per heavy atom. The van der Waals surface area contributed by atoms with Gasteiger partial charge in [-0.3, -0.25) is 0 Å². The summed E-state index contributed by atoms with van der Waals surface area (Å²) in [5.41, 5.74) is 1.87. The fourth-order valence-electron chi connectivity index (χ4n) is 4.29. The van der Waals surface area contributed by atoms with Gasteiger partial charge in [0, 0.05) is 50.0 Å². The van der Waals surface area contributed by atoms with Crippen molar-refractivity contribution in [2.24, 2.45) is 5.92 Å². The lowest BCUT2D eigenvalue weighted by molar-refractivity contribution is 0.172. The third-order valence-electron chi connectivity index (χ3n) is 5.98. The van der Waals surface area contributed by atoms with Gasteiger partial charge >= 0.3 is 0 Å². The van der Waals surface area contributed by atoms with Crippen molar-refractivity contribution < 1.29 is 12.8 Å². The van der Waals surface area contributed by atoms with Gasteiger partial charge in [-0.05, 0) is 32.6 Å². The van der Waals surface area contributed by atoms with Crippen molar-refractivity contribution >= 4 is 10.0 Å². The highest BCUT2D eigenvalue weighted by molar-refractivity contribution is 7.89. The third kappa shape index (κ3) is 3.87. The number of aromatic amines is 1. The van der Waals surface area contributed by atoms with E-state index in [4.69, 9.17) is 4.42 Å². The largest absolute Gasteiger partial charge is 0.420 e. The van der Waals surface area contributed by atoms with Crippen molar-refractivity contribution in [3.8, 4) is 11.5 Å². The number of aryl methyl sites for hydroxylation is 2. The van der Waals surface area contributed by atoms with Gasteiger partial charge in [0.1, 0.15) is 4.90 Å². The molecule has 0 radical (unpaired) electrons. The first kappa shape index (κ1) is 20.6. The molecule has 1 saturated carbocycles. The first-order valence-corrected chi connectivity index (χ1v) is 12.0. The van der Waals surface area contributed by atoms with Crippen molar-refractivity contribution in [3.63, 3.8) is 0 Å². The molecule has 4 rings (SSSR count). The highest BCUT2D eigenvalue weighted by Crippen LogP contribution is 2.39. The molecule has 2 aromatic heterocycles. The molecule has 160 valence electrons. The maximum atomic E-state index is 13.5. The lowest BCUT2D eigenvalue weighted by Gasteiger charge is -2.34. The molecule has 0 unspecified atom stereocenters. The van der Waals surface area contributed by atoms with E-state index in [1.807, 2.05) is 6.92 Å². The van der Waals surface area contributed by atoms with Crippen LogP contribution < -0.4 is 0 Å². The Morgan fingerprint density at radius 3 is 2.38 bits per heavy atom. The fourth-order valence-corrected chi connectivity index (χ4v) is 6.13. The minimum Gasteiger partial charge on any atom is -0.420 e. The number of piperazine rings is 1. The van der Waals surface area contributed by atoms with Gasteiger partial charge in [0.2, 0.25) is 15.9 Å². The van der Waals surface area contributed by atoms with Crippen LogP contribution in [0.15, 0.2) is 9.31 Å². The van der Waals surface area contributed by atoms with E-state index < -0.39 is 10.0 Å². The number of sulfonamides is 1. The summed E-state index contributed by atoms with van der Waals surface area (Å²) in [5.74, 6) is 1.80. The lowest BCUT2D eigenvalue weighted by atomic mass is 9.85. The predicted octanol–water partition coefficient (Wildman–Crippen LogP) is 2.91. The molecular formula is C20H31N5O3S. The van der Waals surface area contributed by atoms with E-state index >= 15 is 0 Å². The van der Waals surface area contributed by atoms with E-state index in [1.54, 1.807) is 11.2 Å². The summed E-state index contributed by atoms with van der Waals surface area (Å²) >= 11 is 0. The molecule has 1 aliphatic heterocycles. The molecule has 2 fully saturated rings. The van der Waals surface area contributed by atoms with E-state index in [0.717, 1.165) is 38.2 Å². The second-order valence-electron chi connectivity index (χ2n) is 8.75. The smallest absolute Gasteiger partial charge is 0.250 e. The van der Waals surface area contributed by atoms with Crippen LogP contribution in [0.3, 0.4) is 0 Å². The zero-order chi connectivity index (χ0) is 20.8. The number of hydrogen-bond acceptors (Lipinski definition) is 6. The number of nitrogens with one attached hydrogen (secondary N) is 1. The van der Waals surface area contributed by atoms with Gasteiger partial charge in [-0.2, -0.15) is 4.31 Å². The summed E-state index contributed by atoms with van der Waals surface area (Å²) in [6.45, 7) is 11.5. The molecule has 0 amide bonds. The van der Waals surface area contributed by atoms with E-state index in [2.05, 4.69) is 33.9 Å². The summed E-state index contributed by atoms with van der Waals surface area (Å²) in [6, 6.07) is 0. The molecule has 1 saturated heterocycles. The predicted molar refractivity (Wildman–Crippen MR) is 110 cm³/mol. The average Bonchev–Trinajstić information content (AvgIpc) is 3.17. The van der Waals surface area contributed by atoms with Crippen molar-refractivity contribution in [2.45, 2.75) is 57.8 Å². The van der Waals surface area contributed by atoms with Crippen molar-refractivity contribution in [1.82, 2.24) is 24.4 Å². The first-order valence-electron chi connectivity index (χ1n) is 10.5. The molecule has 0 aromatic carbocycles. The molecule has 2 aromatic rings. The summed E-state index contributed by atoms with van der Waals surface area (Å²) in [7, 11) is -3.66. The summed E-state index contributed by atoms with van der Waals surface area (Å²) in [5, 5.41) is 8.39. The van der Waals surface area contributed by atoms with Crippen LogP contribution in [-0.2, 0) is 10.0 Å².